The summed E-state index contributed by atoms with van der Waals surface area (Å²) >= 11 is 0. The highest BCUT2D eigenvalue weighted by Crippen LogP contribution is 2.22. The molecule has 0 bridgehead atoms. The van der Waals surface area contributed by atoms with Gasteiger partial charge in [-0.15, -0.1) is 0 Å². The zero-order valence-corrected chi connectivity index (χ0v) is 16.6. The average Bonchev–Trinajstić information content (AvgIpc) is 2.65. The van der Waals surface area contributed by atoms with Gasteiger partial charge in [-0.2, -0.15) is 0 Å². The summed E-state index contributed by atoms with van der Waals surface area (Å²) in [5, 5.41) is 5.19. The Morgan fingerprint density at radius 2 is 1.79 bits per heavy atom. The van der Waals surface area contributed by atoms with Gasteiger partial charge in [-0.3, -0.25) is 0 Å². The van der Waals surface area contributed by atoms with Crippen LogP contribution in [0.15, 0.2) is 29.5 Å². The van der Waals surface area contributed by atoms with Crippen LogP contribution in [0.3, 0.4) is 0 Å². The third kappa shape index (κ3) is 5.25. The zero-order chi connectivity index (χ0) is 20.7. The van der Waals surface area contributed by atoms with E-state index in [4.69, 9.17) is 14.2 Å². The average molecular weight is 390 g/mol. The maximum atomic E-state index is 12.3. The lowest BCUT2D eigenvalue weighted by Crippen LogP contribution is -2.51. The molecule has 1 aliphatic heterocycles. The van der Waals surface area contributed by atoms with Crippen LogP contribution in [-0.2, 0) is 19.1 Å². The Morgan fingerprint density at radius 1 is 1.11 bits per heavy atom. The van der Waals surface area contributed by atoms with Crippen molar-refractivity contribution in [3.63, 3.8) is 0 Å². The van der Waals surface area contributed by atoms with Gasteiger partial charge in [0.25, 0.3) is 0 Å². The van der Waals surface area contributed by atoms with E-state index in [2.05, 4.69) is 10.6 Å². The van der Waals surface area contributed by atoms with Gasteiger partial charge in [-0.1, -0.05) is 25.1 Å². The molecule has 1 heterocycles. The van der Waals surface area contributed by atoms with E-state index in [-0.39, 0.29) is 31.1 Å². The number of carbonyl (C=O) groups is 3. The Kier molecular flexibility index (Phi) is 7.43. The van der Waals surface area contributed by atoms with Crippen LogP contribution in [0.25, 0.3) is 0 Å². The molecule has 1 aromatic rings. The number of aryl methyl sites for hydroxylation is 2. The maximum absolute atomic E-state index is 12.3. The summed E-state index contributed by atoms with van der Waals surface area (Å²) in [6, 6.07) is 4.72. The second kappa shape index (κ2) is 9.77. The molecular weight excluding hydrogens is 364 g/mol. The van der Waals surface area contributed by atoms with Crippen LogP contribution in [0, 0.1) is 13.8 Å². The minimum Gasteiger partial charge on any atom is -0.481 e. The summed E-state index contributed by atoms with van der Waals surface area (Å²) in [7, 11) is 0. The minimum atomic E-state index is -0.612. The molecule has 2 N–H and O–H groups in total. The number of esters is 2. The van der Waals surface area contributed by atoms with Crippen LogP contribution in [0.5, 0.6) is 5.75 Å². The fourth-order valence-corrected chi connectivity index (χ4v) is 2.93. The Bertz CT molecular complexity index is 767. The Hall–Kier alpha value is -3.03. The van der Waals surface area contributed by atoms with E-state index in [0.717, 1.165) is 11.1 Å². The molecule has 2 amide bonds. The van der Waals surface area contributed by atoms with Crippen LogP contribution < -0.4 is 15.4 Å². The predicted molar refractivity (Wildman–Crippen MR) is 102 cm³/mol. The maximum Gasteiger partial charge on any atom is 0.344 e. The Labute approximate surface area is 164 Å². The lowest BCUT2D eigenvalue weighted by Gasteiger charge is -2.28. The summed E-state index contributed by atoms with van der Waals surface area (Å²) in [4.78, 5) is 36.2. The largest absolute Gasteiger partial charge is 0.481 e. The van der Waals surface area contributed by atoms with Crippen LogP contribution >= 0.6 is 0 Å². The van der Waals surface area contributed by atoms with Crippen LogP contribution in [0.1, 0.15) is 31.4 Å². The van der Waals surface area contributed by atoms with E-state index < -0.39 is 24.0 Å². The van der Waals surface area contributed by atoms with Gasteiger partial charge in [0.1, 0.15) is 12.4 Å². The van der Waals surface area contributed by atoms with Gasteiger partial charge in [-0.25, -0.2) is 14.4 Å². The fourth-order valence-electron chi connectivity index (χ4n) is 2.93. The first-order valence-electron chi connectivity index (χ1n) is 9.19. The second-order valence-corrected chi connectivity index (χ2v) is 6.34. The van der Waals surface area contributed by atoms with Gasteiger partial charge in [0.15, 0.2) is 6.61 Å². The summed E-state index contributed by atoms with van der Waals surface area (Å²) in [6.45, 7) is 6.96. The molecule has 1 aliphatic rings. The topological polar surface area (TPSA) is 103 Å². The predicted octanol–water partition coefficient (Wildman–Crippen LogP) is 2.13. The highest BCUT2D eigenvalue weighted by atomic mass is 16.6. The number of benzene rings is 1. The molecule has 0 fully saturated rings. The van der Waals surface area contributed by atoms with Crippen molar-refractivity contribution in [2.24, 2.45) is 0 Å². The number of ether oxygens (including phenoxy) is 3. The number of carbonyl (C=O) groups excluding carboxylic acids is 3. The first-order chi connectivity index (χ1) is 13.4. The van der Waals surface area contributed by atoms with E-state index in [1.54, 1.807) is 6.92 Å². The molecule has 152 valence electrons. The molecule has 8 nitrogen and oxygen atoms in total. The monoisotopic (exact) mass is 390 g/mol. The van der Waals surface area contributed by atoms with Crippen LogP contribution in [0.2, 0.25) is 0 Å². The molecule has 28 heavy (non-hydrogen) atoms. The molecule has 0 radical (unpaired) electrons. The molecule has 0 aliphatic carbocycles. The lowest BCUT2D eigenvalue weighted by molar-refractivity contribution is -0.145. The van der Waals surface area contributed by atoms with Crippen molar-refractivity contribution >= 4 is 18.0 Å². The van der Waals surface area contributed by atoms with Crippen molar-refractivity contribution in [2.75, 3.05) is 19.8 Å². The quantitative estimate of drug-likeness (QED) is 0.659. The first kappa shape index (κ1) is 21.3. The number of amides is 2. The number of nitrogens with one attached hydrogen (secondary N) is 2. The third-order valence-electron chi connectivity index (χ3n) is 4.27. The molecule has 1 atom stereocenters. The molecule has 0 saturated heterocycles. The summed E-state index contributed by atoms with van der Waals surface area (Å²) in [5.74, 6) is -0.536. The SMILES string of the molecule is CCOC(=O)C1=C(COC(=O)COc2c(C)cccc2C)NC(=O)N[C@@H]1CC. The summed E-state index contributed by atoms with van der Waals surface area (Å²) in [5.41, 5.74) is 2.30. The van der Waals surface area contributed by atoms with E-state index in [1.165, 1.54) is 0 Å². The summed E-state index contributed by atoms with van der Waals surface area (Å²) in [6.07, 6.45) is 0.495. The van der Waals surface area contributed by atoms with Crippen molar-refractivity contribution in [3.8, 4) is 5.75 Å². The van der Waals surface area contributed by atoms with Crippen molar-refractivity contribution in [3.05, 3.63) is 40.6 Å². The van der Waals surface area contributed by atoms with Crippen molar-refractivity contribution < 1.29 is 28.6 Å². The second-order valence-electron chi connectivity index (χ2n) is 6.34. The molecule has 1 aromatic carbocycles. The number of rotatable bonds is 8. The Morgan fingerprint density at radius 3 is 2.39 bits per heavy atom. The van der Waals surface area contributed by atoms with Crippen LogP contribution in [-0.4, -0.2) is 43.8 Å². The van der Waals surface area contributed by atoms with Gasteiger partial charge in [0.2, 0.25) is 0 Å². The molecule has 8 heteroatoms. The standard InChI is InChI=1S/C20H26N2O6/c1-5-14-17(19(24)26-6-2)15(22-20(25)21-14)10-27-16(23)11-28-18-12(3)8-7-9-13(18)4/h7-9,14H,5-6,10-11H2,1-4H3,(H2,21,22,25)/t14-/m1/s1. The fraction of sp³-hybridized carbons (Fsp3) is 0.450. The van der Waals surface area contributed by atoms with Gasteiger partial charge >= 0.3 is 18.0 Å². The van der Waals surface area contributed by atoms with E-state index >= 15 is 0 Å². The summed E-state index contributed by atoms with van der Waals surface area (Å²) < 4.78 is 15.8. The number of para-hydroxylation sites is 1. The lowest BCUT2D eigenvalue weighted by atomic mass is 10.0. The van der Waals surface area contributed by atoms with E-state index in [0.29, 0.717) is 12.2 Å². The first-order valence-corrected chi connectivity index (χ1v) is 9.19. The smallest absolute Gasteiger partial charge is 0.344 e. The molecule has 0 aromatic heterocycles. The number of hydrogen-bond acceptors (Lipinski definition) is 6. The molecular formula is C20H26N2O6. The minimum absolute atomic E-state index is 0.198. The zero-order valence-electron chi connectivity index (χ0n) is 16.6. The van der Waals surface area contributed by atoms with Gasteiger partial charge in [0.05, 0.1) is 23.9 Å². The Balaban J connectivity index is 2.05. The van der Waals surface area contributed by atoms with Crippen molar-refractivity contribution in [1.82, 2.24) is 10.6 Å². The van der Waals surface area contributed by atoms with Crippen molar-refractivity contribution in [2.45, 2.75) is 40.2 Å². The normalized spacial score (nSPS) is 16.1. The van der Waals surface area contributed by atoms with E-state index in [9.17, 15) is 14.4 Å². The van der Waals surface area contributed by atoms with E-state index in [1.807, 2.05) is 39.0 Å². The van der Waals surface area contributed by atoms with Gasteiger partial charge < -0.3 is 24.8 Å². The third-order valence-corrected chi connectivity index (χ3v) is 4.27. The number of urea groups is 1. The highest BCUT2D eigenvalue weighted by Gasteiger charge is 2.32. The molecule has 2 rings (SSSR count). The number of hydrogen-bond donors (Lipinski definition) is 2. The highest BCUT2D eigenvalue weighted by molar-refractivity contribution is 5.94. The van der Waals surface area contributed by atoms with Gasteiger partial charge in [-0.05, 0) is 38.3 Å². The molecule has 0 unspecified atom stereocenters. The van der Waals surface area contributed by atoms with Gasteiger partial charge in [0, 0.05) is 0 Å². The van der Waals surface area contributed by atoms with Crippen LogP contribution in [0.4, 0.5) is 4.79 Å². The van der Waals surface area contributed by atoms with Crippen molar-refractivity contribution in [1.29, 1.82) is 0 Å². The molecule has 0 saturated carbocycles. The molecule has 0 spiro atoms.